The summed E-state index contributed by atoms with van der Waals surface area (Å²) in [5.74, 6) is 0.896. The number of anilines is 1. The van der Waals surface area contributed by atoms with Gasteiger partial charge in [0.05, 0.1) is 6.54 Å². The Labute approximate surface area is 170 Å². The number of benzene rings is 1. The lowest BCUT2D eigenvalue weighted by molar-refractivity contribution is -0.0465. The first-order chi connectivity index (χ1) is 14.1. The van der Waals surface area contributed by atoms with Crippen molar-refractivity contribution in [2.75, 3.05) is 5.32 Å². The van der Waals surface area contributed by atoms with Crippen molar-refractivity contribution in [3.05, 3.63) is 47.0 Å². The molecule has 30 heavy (non-hydrogen) atoms. The molecular weight excluding hydrogens is 397 g/mol. The van der Waals surface area contributed by atoms with Crippen LogP contribution in [0, 0.1) is 23.6 Å². The molecule has 1 saturated carbocycles. The number of alkyl halides is 2. The van der Waals surface area contributed by atoms with Crippen molar-refractivity contribution in [2.24, 2.45) is 5.92 Å². The average Bonchev–Trinajstić information content (AvgIpc) is 3.36. The highest BCUT2D eigenvalue weighted by Gasteiger charge is 2.55. The molecule has 0 bridgehead atoms. The minimum Gasteiger partial charge on any atom is -0.312 e. The molecule has 2 N–H and O–H groups in total. The smallest absolute Gasteiger partial charge is 0.312 e. The highest BCUT2D eigenvalue weighted by atomic mass is 19.3. The number of fused-ring (bicyclic) bond motifs is 1. The summed E-state index contributed by atoms with van der Waals surface area (Å²) in [7, 11) is 0. The number of ketones is 1. The minimum atomic E-state index is -3.46. The second-order valence-electron chi connectivity index (χ2n) is 7.71. The van der Waals surface area contributed by atoms with Crippen LogP contribution in [-0.2, 0) is 12.1 Å². The molecule has 0 radical (unpaired) electrons. The number of Topliss-reactive ketones (excluding diaryl/α,β-unsaturated/α-hetero) is 1. The Hall–Kier alpha value is -3.28. The first kappa shape index (κ1) is 20.0. The van der Waals surface area contributed by atoms with Gasteiger partial charge < -0.3 is 10.6 Å². The van der Waals surface area contributed by atoms with E-state index in [4.69, 9.17) is 0 Å². The number of nitrogens with one attached hydrogen (secondary N) is 2. The van der Waals surface area contributed by atoms with Crippen molar-refractivity contribution in [1.82, 2.24) is 15.1 Å². The van der Waals surface area contributed by atoms with E-state index in [1.807, 2.05) is 0 Å². The van der Waals surface area contributed by atoms with E-state index in [0.717, 1.165) is 18.9 Å². The number of halogens is 3. The van der Waals surface area contributed by atoms with Crippen molar-refractivity contribution in [2.45, 2.75) is 44.7 Å². The van der Waals surface area contributed by atoms with Gasteiger partial charge >= 0.3 is 6.03 Å². The van der Waals surface area contributed by atoms with E-state index in [0.29, 0.717) is 6.92 Å². The number of hydrogen-bond donors (Lipinski definition) is 2. The van der Waals surface area contributed by atoms with Crippen LogP contribution in [0.3, 0.4) is 0 Å². The van der Waals surface area contributed by atoms with Gasteiger partial charge in [0.15, 0.2) is 11.3 Å². The Morgan fingerprint density at radius 2 is 2.13 bits per heavy atom. The Bertz CT molecular complexity index is 1110. The van der Waals surface area contributed by atoms with Crippen LogP contribution in [0.15, 0.2) is 24.4 Å². The fourth-order valence-corrected chi connectivity index (χ4v) is 3.35. The molecule has 9 heteroatoms. The molecular formula is C21H19F3N4O2. The number of rotatable bonds is 4. The van der Waals surface area contributed by atoms with Crippen LogP contribution in [0.2, 0.25) is 0 Å². The molecule has 0 unspecified atom stereocenters. The molecule has 2 aliphatic rings. The van der Waals surface area contributed by atoms with Crippen LogP contribution < -0.4 is 10.6 Å². The number of nitrogens with zero attached hydrogens (tertiary/aromatic N) is 2. The Kier molecular flexibility index (Phi) is 4.60. The van der Waals surface area contributed by atoms with E-state index >= 15 is 0 Å². The van der Waals surface area contributed by atoms with E-state index in [1.54, 1.807) is 0 Å². The zero-order valence-corrected chi connectivity index (χ0v) is 16.4. The van der Waals surface area contributed by atoms with Crippen LogP contribution in [0.1, 0.15) is 48.3 Å². The molecule has 1 aromatic carbocycles. The molecule has 2 amide bonds. The van der Waals surface area contributed by atoms with Gasteiger partial charge in [-0.3, -0.25) is 9.48 Å². The number of amides is 2. The molecule has 1 atom stereocenters. The van der Waals surface area contributed by atoms with Crippen LogP contribution in [0.5, 0.6) is 0 Å². The third-order valence-corrected chi connectivity index (χ3v) is 5.17. The molecule has 1 aromatic heterocycles. The van der Waals surface area contributed by atoms with Crippen molar-refractivity contribution >= 4 is 17.5 Å². The summed E-state index contributed by atoms with van der Waals surface area (Å²) in [4.78, 5) is 23.6. The first-order valence-electron chi connectivity index (χ1n) is 9.46. The average molecular weight is 416 g/mol. The van der Waals surface area contributed by atoms with Gasteiger partial charge in [-0.05, 0) is 31.0 Å². The molecule has 2 heterocycles. The third-order valence-electron chi connectivity index (χ3n) is 5.17. The van der Waals surface area contributed by atoms with Crippen LogP contribution in [0.25, 0.3) is 0 Å². The topological polar surface area (TPSA) is 76.0 Å². The molecule has 1 aliphatic carbocycles. The second-order valence-corrected chi connectivity index (χ2v) is 7.71. The van der Waals surface area contributed by atoms with Gasteiger partial charge in [-0.2, -0.15) is 5.10 Å². The minimum absolute atomic E-state index is 0.0128. The summed E-state index contributed by atoms with van der Waals surface area (Å²) in [5, 5.41) is 8.75. The number of aromatic nitrogens is 2. The Morgan fingerprint density at radius 1 is 1.40 bits per heavy atom. The van der Waals surface area contributed by atoms with Gasteiger partial charge in [-0.25, -0.2) is 18.0 Å². The first-order valence-corrected chi connectivity index (χ1v) is 9.46. The van der Waals surface area contributed by atoms with E-state index < -0.39 is 23.3 Å². The lowest BCUT2D eigenvalue weighted by Crippen LogP contribution is -2.59. The fourth-order valence-electron chi connectivity index (χ4n) is 3.35. The number of urea groups is 1. The predicted octanol–water partition coefficient (Wildman–Crippen LogP) is 3.67. The molecule has 0 spiro atoms. The van der Waals surface area contributed by atoms with E-state index in [9.17, 15) is 22.8 Å². The van der Waals surface area contributed by atoms with Crippen molar-refractivity contribution in [1.29, 1.82) is 0 Å². The van der Waals surface area contributed by atoms with E-state index in [2.05, 4.69) is 27.6 Å². The summed E-state index contributed by atoms with van der Waals surface area (Å²) in [6.45, 7) is 1.98. The van der Waals surface area contributed by atoms with Gasteiger partial charge in [0, 0.05) is 42.8 Å². The third kappa shape index (κ3) is 3.54. The summed E-state index contributed by atoms with van der Waals surface area (Å²) < 4.78 is 45.7. The SMILES string of the molecule is CC(=O)c1ccn(Cc2cc3c(cc2F)[C@@](C#CC2CC2)(C(C)(F)F)NC(=O)N3)n1. The molecule has 1 fully saturated rings. The molecule has 6 nitrogen and oxygen atoms in total. The molecule has 1 aliphatic heterocycles. The molecule has 0 saturated heterocycles. The fraction of sp³-hybridized carbons (Fsp3) is 0.381. The maximum absolute atomic E-state index is 14.9. The van der Waals surface area contributed by atoms with Crippen LogP contribution in [-0.4, -0.2) is 27.5 Å². The lowest BCUT2D eigenvalue weighted by Gasteiger charge is -2.40. The van der Waals surface area contributed by atoms with Gasteiger partial charge in [-0.1, -0.05) is 11.8 Å². The lowest BCUT2D eigenvalue weighted by atomic mass is 9.81. The summed E-state index contributed by atoms with van der Waals surface area (Å²) in [5.41, 5.74) is -2.06. The zero-order chi connectivity index (χ0) is 21.7. The van der Waals surface area contributed by atoms with Crippen LogP contribution >= 0.6 is 0 Å². The highest BCUT2D eigenvalue weighted by molar-refractivity contribution is 5.95. The van der Waals surface area contributed by atoms with Crippen molar-refractivity contribution in [3.8, 4) is 11.8 Å². The number of carbonyl (C=O) groups is 2. The van der Waals surface area contributed by atoms with Crippen LogP contribution in [0.4, 0.5) is 23.7 Å². The van der Waals surface area contributed by atoms with Gasteiger partial charge in [0.1, 0.15) is 11.5 Å². The summed E-state index contributed by atoms with van der Waals surface area (Å²) >= 11 is 0. The largest absolute Gasteiger partial charge is 0.320 e. The summed E-state index contributed by atoms with van der Waals surface area (Å²) in [6, 6.07) is 2.94. The van der Waals surface area contributed by atoms with Gasteiger partial charge in [-0.15, -0.1) is 0 Å². The molecule has 156 valence electrons. The highest BCUT2D eigenvalue weighted by Crippen LogP contribution is 2.44. The standard InChI is InChI=1S/C21H19F3N4O2/c1-12(29)17-6-8-28(27-17)11-14-9-18-15(10-16(14)22)21(20(2,23)24,26-19(30)25-18)7-5-13-3-4-13/h6,8-10,13H,3-4,11H2,1-2H3,(H2,25,26,30)/t21-/m0/s1. The Balaban J connectivity index is 1.78. The zero-order valence-electron chi connectivity index (χ0n) is 16.4. The monoisotopic (exact) mass is 416 g/mol. The van der Waals surface area contributed by atoms with E-state index in [-0.39, 0.29) is 40.8 Å². The molecule has 4 rings (SSSR count). The normalized spacial score (nSPS) is 20.5. The second kappa shape index (κ2) is 6.90. The predicted molar refractivity (Wildman–Crippen MR) is 103 cm³/mol. The quantitative estimate of drug-likeness (QED) is 0.590. The maximum atomic E-state index is 14.9. The maximum Gasteiger partial charge on any atom is 0.320 e. The molecule has 2 aromatic rings. The van der Waals surface area contributed by atoms with Crippen molar-refractivity contribution < 1.29 is 22.8 Å². The van der Waals surface area contributed by atoms with Crippen molar-refractivity contribution in [3.63, 3.8) is 0 Å². The van der Waals surface area contributed by atoms with Gasteiger partial charge in [0.2, 0.25) is 0 Å². The number of hydrogen-bond acceptors (Lipinski definition) is 3. The van der Waals surface area contributed by atoms with Gasteiger partial charge in [0.25, 0.3) is 5.92 Å². The Morgan fingerprint density at radius 3 is 2.73 bits per heavy atom. The number of carbonyl (C=O) groups excluding carboxylic acids is 2. The summed E-state index contributed by atoms with van der Waals surface area (Å²) in [6.07, 6.45) is 3.15. The van der Waals surface area contributed by atoms with E-state index in [1.165, 1.54) is 29.9 Å².